The highest BCUT2D eigenvalue weighted by atomic mass is 19.2. The molecule has 1 heterocycles. The third kappa shape index (κ3) is 1.23. The standard InChI is InChI=1S/C4H3F2N2O/c5-2-1-7-4(9)8-3(2)6/h1,7,9H. The number of rotatable bonds is 0. The summed E-state index contributed by atoms with van der Waals surface area (Å²) in [5, 5.41) is 10.3. The van der Waals surface area contributed by atoms with Crippen LogP contribution in [0.5, 0.6) is 0 Å². The van der Waals surface area contributed by atoms with E-state index in [9.17, 15) is 8.78 Å². The summed E-state index contributed by atoms with van der Waals surface area (Å²) in [5.74, 6) is -2.43. The molecule has 0 aromatic carbocycles. The second-order valence-corrected chi connectivity index (χ2v) is 1.36. The van der Waals surface area contributed by atoms with Crippen molar-refractivity contribution in [3.05, 3.63) is 18.4 Å². The van der Waals surface area contributed by atoms with Crippen LogP contribution < -0.4 is 5.32 Å². The molecule has 0 atom stereocenters. The van der Waals surface area contributed by atoms with Crippen LogP contribution in [0.1, 0.15) is 0 Å². The van der Waals surface area contributed by atoms with Crippen molar-refractivity contribution in [3.63, 3.8) is 0 Å². The largest absolute Gasteiger partial charge is 0.347 e. The summed E-state index contributed by atoms with van der Waals surface area (Å²) < 4.78 is 23.8. The highest BCUT2D eigenvalue weighted by Gasteiger charge is 2.14. The maximum atomic E-state index is 11.9. The summed E-state index contributed by atoms with van der Waals surface area (Å²) in [7, 11) is 0. The van der Waals surface area contributed by atoms with Crippen LogP contribution in [0.2, 0.25) is 0 Å². The molecule has 0 unspecified atom stereocenters. The van der Waals surface area contributed by atoms with Gasteiger partial charge in [-0.2, -0.15) is 9.38 Å². The van der Waals surface area contributed by atoms with Crippen molar-refractivity contribution in [1.29, 1.82) is 0 Å². The summed E-state index contributed by atoms with van der Waals surface area (Å²) in [6.07, 6.45) is 0.0337. The smallest absolute Gasteiger partial charge is 0.309 e. The van der Waals surface area contributed by atoms with Gasteiger partial charge in [-0.25, -0.2) is 4.39 Å². The Morgan fingerprint density at radius 2 is 2.22 bits per heavy atom. The predicted octanol–water partition coefficient (Wildman–Crippen LogP) is 0.588. The van der Waals surface area contributed by atoms with Gasteiger partial charge in [-0.15, -0.1) is 0 Å². The molecule has 2 N–H and O–H groups in total. The van der Waals surface area contributed by atoms with Gasteiger partial charge in [0.15, 0.2) is 5.83 Å². The first-order chi connectivity index (χ1) is 4.20. The molecule has 3 nitrogen and oxygen atoms in total. The number of nitrogens with zero attached hydrogens (tertiary/aromatic N) is 1. The molecule has 0 amide bonds. The Morgan fingerprint density at radius 1 is 1.56 bits per heavy atom. The number of hydrogen-bond acceptors (Lipinski definition) is 3. The van der Waals surface area contributed by atoms with Crippen LogP contribution in [0.3, 0.4) is 0 Å². The van der Waals surface area contributed by atoms with E-state index in [-0.39, 0.29) is 0 Å². The molecule has 0 aromatic rings. The molecular weight excluding hydrogens is 130 g/mol. The lowest BCUT2D eigenvalue weighted by atomic mass is 10.5. The van der Waals surface area contributed by atoms with Crippen LogP contribution in [-0.2, 0) is 0 Å². The fraction of sp³-hybridized carbons (Fsp3) is 0. The fourth-order valence-corrected chi connectivity index (χ4v) is 0.366. The van der Waals surface area contributed by atoms with E-state index in [2.05, 4.69) is 4.99 Å². The molecule has 0 aromatic heterocycles. The van der Waals surface area contributed by atoms with Crippen molar-refractivity contribution in [2.45, 2.75) is 0 Å². The number of aliphatic hydroxyl groups excluding tert-OH is 1. The summed E-state index contributed by atoms with van der Waals surface area (Å²) in [4.78, 5) is 2.73. The van der Waals surface area contributed by atoms with E-state index >= 15 is 0 Å². The number of halogens is 2. The minimum Gasteiger partial charge on any atom is -0.347 e. The van der Waals surface area contributed by atoms with Crippen molar-refractivity contribution < 1.29 is 13.9 Å². The van der Waals surface area contributed by atoms with Gasteiger partial charge in [-0.3, -0.25) is 0 Å². The highest BCUT2D eigenvalue weighted by Crippen LogP contribution is 2.08. The lowest BCUT2D eigenvalue weighted by Gasteiger charge is -2.06. The van der Waals surface area contributed by atoms with Crippen LogP contribution >= 0.6 is 0 Å². The van der Waals surface area contributed by atoms with Gasteiger partial charge in [0.2, 0.25) is 5.97 Å². The van der Waals surface area contributed by atoms with Crippen LogP contribution in [0.15, 0.2) is 17.0 Å². The molecule has 1 aliphatic heterocycles. The Labute approximate surface area is 49.7 Å². The molecule has 9 heavy (non-hydrogen) atoms. The molecule has 5 heteroatoms. The van der Waals surface area contributed by atoms with Gasteiger partial charge < -0.3 is 10.4 Å². The lowest BCUT2D eigenvalue weighted by Crippen LogP contribution is -2.18. The van der Waals surface area contributed by atoms with Crippen molar-refractivity contribution in [3.8, 4) is 0 Å². The average molecular weight is 133 g/mol. The average Bonchev–Trinajstić information content (AvgIpc) is 1.80. The number of aliphatic imine (C=N–C) groups is 1. The summed E-state index contributed by atoms with van der Waals surface area (Å²) in [6, 6.07) is 0. The highest BCUT2D eigenvalue weighted by molar-refractivity contribution is 5.91. The van der Waals surface area contributed by atoms with E-state index in [1.54, 1.807) is 0 Å². The quantitative estimate of drug-likeness (QED) is 0.507. The molecule has 0 saturated carbocycles. The van der Waals surface area contributed by atoms with E-state index < -0.39 is 18.1 Å². The van der Waals surface area contributed by atoms with Gasteiger partial charge in [0, 0.05) is 6.20 Å². The molecule has 0 spiro atoms. The van der Waals surface area contributed by atoms with Crippen LogP contribution in [0.25, 0.3) is 0 Å². The molecule has 1 radical (unpaired) electrons. The summed E-state index contributed by atoms with van der Waals surface area (Å²) in [5.41, 5.74) is 0. The molecule has 0 bridgehead atoms. The summed E-state index contributed by atoms with van der Waals surface area (Å²) in [6.45, 7) is 0. The third-order valence-corrected chi connectivity index (χ3v) is 0.729. The second kappa shape index (κ2) is 2.10. The Bertz CT molecular complexity index is 177. The van der Waals surface area contributed by atoms with Gasteiger partial charge in [-0.05, 0) is 0 Å². The van der Waals surface area contributed by atoms with Gasteiger partial charge >= 0.3 is 6.35 Å². The number of hydrogen-bond donors (Lipinski definition) is 2. The summed E-state index contributed by atoms with van der Waals surface area (Å²) >= 11 is 0. The SMILES string of the molecule is O[C]1N=C(F)C(F)=CN1. The second-order valence-electron chi connectivity index (χ2n) is 1.36. The molecule has 0 saturated heterocycles. The maximum Gasteiger partial charge on any atom is 0.309 e. The van der Waals surface area contributed by atoms with Gasteiger partial charge in [0.1, 0.15) is 0 Å². The first kappa shape index (κ1) is 6.15. The minimum absolute atomic E-state index is 0.645. The normalized spacial score (nSPS) is 20.3. The molecule has 49 valence electrons. The maximum absolute atomic E-state index is 11.9. The lowest BCUT2D eigenvalue weighted by molar-refractivity contribution is 0.273. The van der Waals surface area contributed by atoms with Gasteiger partial charge in [0.25, 0.3) is 0 Å². The zero-order valence-corrected chi connectivity index (χ0v) is 4.23. The van der Waals surface area contributed by atoms with Gasteiger partial charge in [0.05, 0.1) is 0 Å². The number of aliphatic hydroxyl groups is 1. The topological polar surface area (TPSA) is 44.6 Å². The Morgan fingerprint density at radius 3 is 2.67 bits per heavy atom. The molecule has 0 fully saturated rings. The van der Waals surface area contributed by atoms with E-state index in [0.29, 0.717) is 6.20 Å². The molecule has 1 aliphatic rings. The monoisotopic (exact) mass is 133 g/mol. The molecular formula is C4H3F2N2O. The van der Waals surface area contributed by atoms with E-state index in [4.69, 9.17) is 5.11 Å². The van der Waals surface area contributed by atoms with Gasteiger partial charge in [-0.1, -0.05) is 0 Å². The van der Waals surface area contributed by atoms with E-state index in [0.717, 1.165) is 0 Å². The fourth-order valence-electron chi connectivity index (χ4n) is 0.366. The van der Waals surface area contributed by atoms with Crippen molar-refractivity contribution in [1.82, 2.24) is 5.32 Å². The first-order valence-electron chi connectivity index (χ1n) is 2.13. The molecule has 0 aliphatic carbocycles. The molecule has 1 rings (SSSR count). The number of nitrogens with one attached hydrogen (secondary N) is 1. The Hall–Kier alpha value is -0.970. The third-order valence-electron chi connectivity index (χ3n) is 0.729. The van der Waals surface area contributed by atoms with Crippen LogP contribution in [-0.4, -0.2) is 11.1 Å². The van der Waals surface area contributed by atoms with Crippen molar-refractivity contribution in [2.75, 3.05) is 0 Å². The first-order valence-corrected chi connectivity index (χ1v) is 2.13. The Kier molecular flexibility index (Phi) is 1.44. The minimum atomic E-state index is -1.31. The van der Waals surface area contributed by atoms with E-state index in [1.807, 2.05) is 5.32 Å². The van der Waals surface area contributed by atoms with Crippen LogP contribution in [0, 0.1) is 6.35 Å². The predicted molar refractivity (Wildman–Crippen MR) is 26.0 cm³/mol. The number of allylic oxidation sites excluding steroid dienone is 1. The van der Waals surface area contributed by atoms with Crippen LogP contribution in [0.4, 0.5) is 8.78 Å². The van der Waals surface area contributed by atoms with E-state index in [1.165, 1.54) is 0 Å². The zero-order valence-electron chi connectivity index (χ0n) is 4.23. The zero-order chi connectivity index (χ0) is 6.85. The Balaban J connectivity index is 2.75. The van der Waals surface area contributed by atoms with Crippen molar-refractivity contribution >= 4 is 5.97 Å². The van der Waals surface area contributed by atoms with Crippen molar-refractivity contribution in [2.24, 2.45) is 4.99 Å².